The van der Waals surface area contributed by atoms with Gasteiger partial charge in [-0.15, -0.1) is 0 Å². The Bertz CT molecular complexity index is 669. The molecule has 1 aliphatic heterocycles. The smallest absolute Gasteiger partial charge is 0.251 e. The second-order valence-electron chi connectivity index (χ2n) is 5.17. The molecular formula is C17H17NO2. The number of nitrogens with zero attached hydrogens (tertiary/aromatic N) is 1. The molecule has 0 saturated carbocycles. The number of aryl methyl sites for hydroxylation is 1. The number of amides is 1. The van der Waals surface area contributed by atoms with E-state index in [1.165, 1.54) is 5.56 Å². The third kappa shape index (κ3) is 2.27. The van der Waals surface area contributed by atoms with Crippen molar-refractivity contribution >= 4 is 17.7 Å². The second-order valence-corrected chi connectivity index (χ2v) is 5.17. The van der Waals surface area contributed by atoms with Crippen LogP contribution in [0.2, 0.25) is 0 Å². The molecule has 2 heterocycles. The number of rotatable bonds is 2. The first-order chi connectivity index (χ1) is 9.65. The number of hydrogen-bond donors (Lipinski definition) is 0. The number of benzene rings is 1. The quantitative estimate of drug-likeness (QED) is 0.779. The summed E-state index contributed by atoms with van der Waals surface area (Å²) in [4.78, 5) is 14.2. The second kappa shape index (κ2) is 5.00. The van der Waals surface area contributed by atoms with Crippen molar-refractivity contribution < 1.29 is 9.21 Å². The summed E-state index contributed by atoms with van der Waals surface area (Å²) in [5.41, 5.74) is 2.25. The highest BCUT2D eigenvalue weighted by Gasteiger charge is 2.29. The van der Waals surface area contributed by atoms with E-state index in [0.717, 1.165) is 17.9 Å². The van der Waals surface area contributed by atoms with Crippen LogP contribution in [0.4, 0.5) is 5.69 Å². The molecule has 2 aromatic rings. The van der Waals surface area contributed by atoms with E-state index in [0.29, 0.717) is 5.76 Å². The third-order valence-corrected chi connectivity index (χ3v) is 3.60. The molecular weight excluding hydrogens is 250 g/mol. The number of hydrogen-bond acceptors (Lipinski definition) is 2. The van der Waals surface area contributed by atoms with E-state index in [1.54, 1.807) is 12.2 Å². The van der Waals surface area contributed by atoms with Gasteiger partial charge in [-0.2, -0.15) is 0 Å². The topological polar surface area (TPSA) is 33.5 Å². The number of para-hydroxylation sites is 1. The van der Waals surface area contributed by atoms with Crippen molar-refractivity contribution in [2.45, 2.75) is 26.3 Å². The zero-order valence-electron chi connectivity index (χ0n) is 11.7. The lowest BCUT2D eigenvalue weighted by Crippen LogP contribution is -2.34. The first-order valence-electron chi connectivity index (χ1n) is 6.81. The van der Waals surface area contributed by atoms with Crippen molar-refractivity contribution in [2.75, 3.05) is 4.90 Å². The van der Waals surface area contributed by atoms with Crippen LogP contribution >= 0.6 is 0 Å². The number of fused-ring (bicyclic) bond motifs is 1. The Labute approximate surface area is 118 Å². The number of furan rings is 1. The monoisotopic (exact) mass is 267 g/mol. The van der Waals surface area contributed by atoms with E-state index in [9.17, 15) is 4.79 Å². The Balaban J connectivity index is 1.82. The summed E-state index contributed by atoms with van der Waals surface area (Å²) >= 11 is 0. The van der Waals surface area contributed by atoms with Crippen molar-refractivity contribution in [3.8, 4) is 0 Å². The van der Waals surface area contributed by atoms with Gasteiger partial charge in [-0.25, -0.2) is 0 Å². The number of anilines is 1. The van der Waals surface area contributed by atoms with Crippen molar-refractivity contribution in [1.82, 2.24) is 0 Å². The van der Waals surface area contributed by atoms with Gasteiger partial charge >= 0.3 is 0 Å². The van der Waals surface area contributed by atoms with Crippen LogP contribution in [0, 0.1) is 6.92 Å². The van der Waals surface area contributed by atoms with Crippen LogP contribution in [0.25, 0.3) is 6.08 Å². The molecule has 0 N–H and O–H groups in total. The lowest BCUT2D eigenvalue weighted by molar-refractivity contribution is -0.114. The van der Waals surface area contributed by atoms with Crippen LogP contribution in [0.3, 0.4) is 0 Å². The summed E-state index contributed by atoms with van der Waals surface area (Å²) in [5, 5.41) is 0. The molecule has 1 aromatic heterocycles. The summed E-state index contributed by atoms with van der Waals surface area (Å²) in [6.45, 7) is 3.96. The Morgan fingerprint density at radius 2 is 2.10 bits per heavy atom. The van der Waals surface area contributed by atoms with Gasteiger partial charge in [-0.3, -0.25) is 4.79 Å². The molecule has 20 heavy (non-hydrogen) atoms. The van der Waals surface area contributed by atoms with E-state index in [1.807, 2.05) is 42.2 Å². The van der Waals surface area contributed by atoms with Gasteiger partial charge in [-0.05, 0) is 50.1 Å². The molecule has 1 aromatic carbocycles. The first-order valence-corrected chi connectivity index (χ1v) is 6.81. The summed E-state index contributed by atoms with van der Waals surface area (Å²) < 4.78 is 5.44. The van der Waals surface area contributed by atoms with Crippen molar-refractivity contribution in [1.29, 1.82) is 0 Å². The highest BCUT2D eigenvalue weighted by molar-refractivity contribution is 6.05. The van der Waals surface area contributed by atoms with Gasteiger partial charge in [0.25, 0.3) is 5.91 Å². The molecule has 3 rings (SSSR count). The van der Waals surface area contributed by atoms with Crippen molar-refractivity contribution in [3.05, 3.63) is 59.6 Å². The largest absolute Gasteiger partial charge is 0.462 e. The highest BCUT2D eigenvalue weighted by atomic mass is 16.3. The van der Waals surface area contributed by atoms with Crippen LogP contribution in [0.5, 0.6) is 0 Å². The van der Waals surface area contributed by atoms with E-state index in [-0.39, 0.29) is 11.9 Å². The van der Waals surface area contributed by atoms with Gasteiger partial charge in [0.15, 0.2) is 0 Å². The zero-order valence-corrected chi connectivity index (χ0v) is 11.7. The molecule has 0 bridgehead atoms. The Hall–Kier alpha value is -2.29. The van der Waals surface area contributed by atoms with Crippen molar-refractivity contribution in [2.24, 2.45) is 0 Å². The van der Waals surface area contributed by atoms with Crippen LogP contribution < -0.4 is 4.90 Å². The Morgan fingerprint density at radius 1 is 1.30 bits per heavy atom. The van der Waals surface area contributed by atoms with Gasteiger partial charge in [0.05, 0.1) is 0 Å². The summed E-state index contributed by atoms with van der Waals surface area (Å²) in [5.74, 6) is 1.55. The molecule has 0 fully saturated rings. The molecule has 1 atom stereocenters. The number of carbonyl (C=O) groups is 1. The van der Waals surface area contributed by atoms with Crippen LogP contribution in [0.15, 0.2) is 46.9 Å². The standard InChI is InChI=1S/C17H17NO2/c1-12-11-14-5-3-4-6-16(14)18(12)17(19)10-9-15-8-7-13(2)20-15/h3-10,12H,11H2,1-2H3/b10-9+/t12-/m1/s1. The fraction of sp³-hybridized carbons (Fsp3) is 0.235. The SMILES string of the molecule is Cc1ccc(/C=C/C(=O)N2c3ccccc3C[C@H]2C)o1. The lowest BCUT2D eigenvalue weighted by Gasteiger charge is -2.20. The maximum atomic E-state index is 12.4. The maximum Gasteiger partial charge on any atom is 0.251 e. The minimum atomic E-state index is -0.00324. The summed E-state index contributed by atoms with van der Waals surface area (Å²) in [6, 6.07) is 12.0. The van der Waals surface area contributed by atoms with Gasteiger partial charge in [-0.1, -0.05) is 18.2 Å². The molecule has 0 unspecified atom stereocenters. The van der Waals surface area contributed by atoms with Gasteiger partial charge in [0.2, 0.25) is 0 Å². The molecule has 3 heteroatoms. The van der Waals surface area contributed by atoms with Gasteiger partial charge in [0.1, 0.15) is 11.5 Å². The van der Waals surface area contributed by atoms with Crippen LogP contribution in [-0.4, -0.2) is 11.9 Å². The molecule has 1 aliphatic rings. The summed E-state index contributed by atoms with van der Waals surface area (Å²) in [7, 11) is 0. The minimum absolute atomic E-state index is 0.00324. The third-order valence-electron chi connectivity index (χ3n) is 3.60. The van der Waals surface area contributed by atoms with Gasteiger partial charge in [0, 0.05) is 17.8 Å². The Morgan fingerprint density at radius 3 is 2.85 bits per heavy atom. The van der Waals surface area contributed by atoms with Crippen molar-refractivity contribution in [3.63, 3.8) is 0 Å². The average Bonchev–Trinajstić information content (AvgIpc) is 2.98. The molecule has 0 radical (unpaired) electrons. The fourth-order valence-electron chi connectivity index (χ4n) is 2.68. The maximum absolute atomic E-state index is 12.4. The van der Waals surface area contributed by atoms with E-state index < -0.39 is 0 Å². The first kappa shape index (κ1) is 12.7. The number of carbonyl (C=O) groups excluding carboxylic acids is 1. The molecule has 0 spiro atoms. The molecule has 102 valence electrons. The fourth-order valence-corrected chi connectivity index (χ4v) is 2.68. The highest BCUT2D eigenvalue weighted by Crippen LogP contribution is 2.31. The predicted octanol–water partition coefficient (Wildman–Crippen LogP) is 3.58. The lowest BCUT2D eigenvalue weighted by atomic mass is 10.1. The predicted molar refractivity (Wildman–Crippen MR) is 79.6 cm³/mol. The van der Waals surface area contributed by atoms with E-state index in [2.05, 4.69) is 13.0 Å². The summed E-state index contributed by atoms with van der Waals surface area (Å²) in [6.07, 6.45) is 4.22. The minimum Gasteiger partial charge on any atom is -0.462 e. The zero-order chi connectivity index (χ0) is 14.1. The van der Waals surface area contributed by atoms with E-state index >= 15 is 0 Å². The average molecular weight is 267 g/mol. The van der Waals surface area contributed by atoms with E-state index in [4.69, 9.17) is 4.42 Å². The molecule has 3 nitrogen and oxygen atoms in total. The molecule has 0 saturated heterocycles. The van der Waals surface area contributed by atoms with Crippen LogP contribution in [-0.2, 0) is 11.2 Å². The van der Waals surface area contributed by atoms with Gasteiger partial charge < -0.3 is 9.32 Å². The molecule has 1 amide bonds. The normalized spacial score (nSPS) is 17.7. The van der Waals surface area contributed by atoms with Crippen LogP contribution in [0.1, 0.15) is 24.0 Å². The molecule has 0 aliphatic carbocycles. The Kier molecular flexibility index (Phi) is 3.18.